The molecule has 0 aliphatic rings. The Hall–Kier alpha value is -2.27. The average Bonchev–Trinajstić information content (AvgIpc) is 2.54. The minimum Gasteiger partial charge on any atom is -0.481 e. The molecule has 0 radical (unpaired) electrons. The van der Waals surface area contributed by atoms with Gasteiger partial charge in [0, 0.05) is 18.1 Å². The molecule has 0 spiro atoms. The molecule has 0 bridgehead atoms. The van der Waals surface area contributed by atoms with Gasteiger partial charge in [-0.3, -0.25) is 4.90 Å². The third-order valence-electron chi connectivity index (χ3n) is 3.49. The van der Waals surface area contributed by atoms with Gasteiger partial charge in [0.25, 0.3) is 0 Å². The van der Waals surface area contributed by atoms with E-state index in [1.807, 2.05) is 20.8 Å². The van der Waals surface area contributed by atoms with E-state index in [4.69, 9.17) is 21.1 Å². The van der Waals surface area contributed by atoms with Gasteiger partial charge in [0.2, 0.25) is 5.88 Å². The first kappa shape index (κ1) is 18.1. The molecule has 1 amide bonds. The number of carbonyl (C=O) groups is 1. The summed E-state index contributed by atoms with van der Waals surface area (Å²) in [6.07, 6.45) is -0.544. The molecular formula is C18H21ClN2O3. The summed E-state index contributed by atoms with van der Waals surface area (Å²) in [6, 6.07) is 10.3. The third-order valence-corrected chi connectivity index (χ3v) is 3.82. The standard InChI is InChI=1S/C18H21ClN2O3/c1-18(2,3)13-11-12(9-10-14(13)19)24-17(22)21(4)15-7-6-8-16(20-15)23-5/h6-11H,1-5H3. The zero-order chi connectivity index (χ0) is 17.9. The molecule has 0 fully saturated rings. The lowest BCUT2D eigenvalue weighted by Crippen LogP contribution is -2.30. The molecule has 0 saturated carbocycles. The largest absolute Gasteiger partial charge is 0.481 e. The Labute approximate surface area is 147 Å². The van der Waals surface area contributed by atoms with Crippen molar-refractivity contribution in [2.24, 2.45) is 0 Å². The number of rotatable bonds is 3. The minimum absolute atomic E-state index is 0.153. The summed E-state index contributed by atoms with van der Waals surface area (Å²) in [5, 5.41) is 0.644. The number of amides is 1. The summed E-state index contributed by atoms with van der Waals surface area (Å²) in [4.78, 5) is 17.9. The van der Waals surface area contributed by atoms with Crippen LogP contribution in [0.15, 0.2) is 36.4 Å². The molecule has 24 heavy (non-hydrogen) atoms. The Kier molecular flexibility index (Phi) is 5.34. The molecular weight excluding hydrogens is 328 g/mol. The topological polar surface area (TPSA) is 51.7 Å². The zero-order valence-corrected chi connectivity index (χ0v) is 15.2. The van der Waals surface area contributed by atoms with Gasteiger partial charge in [-0.1, -0.05) is 38.4 Å². The van der Waals surface area contributed by atoms with E-state index in [9.17, 15) is 4.79 Å². The van der Waals surface area contributed by atoms with E-state index in [0.29, 0.717) is 22.5 Å². The number of methoxy groups -OCH3 is 1. The highest BCUT2D eigenvalue weighted by Gasteiger charge is 2.20. The summed E-state index contributed by atoms with van der Waals surface area (Å²) >= 11 is 6.23. The number of halogens is 1. The lowest BCUT2D eigenvalue weighted by atomic mass is 9.87. The molecule has 2 rings (SSSR count). The quantitative estimate of drug-likeness (QED) is 0.808. The second-order valence-corrected chi connectivity index (χ2v) is 6.76. The van der Waals surface area contributed by atoms with E-state index in [-0.39, 0.29) is 5.41 Å². The van der Waals surface area contributed by atoms with Crippen LogP contribution >= 0.6 is 11.6 Å². The van der Waals surface area contributed by atoms with Crippen LogP contribution in [0.1, 0.15) is 26.3 Å². The van der Waals surface area contributed by atoms with Crippen molar-refractivity contribution in [2.75, 3.05) is 19.1 Å². The van der Waals surface area contributed by atoms with Gasteiger partial charge in [-0.25, -0.2) is 4.79 Å². The van der Waals surface area contributed by atoms with Gasteiger partial charge >= 0.3 is 6.09 Å². The molecule has 0 unspecified atom stereocenters. The van der Waals surface area contributed by atoms with Crippen molar-refractivity contribution in [1.82, 2.24) is 4.98 Å². The lowest BCUT2D eigenvalue weighted by Gasteiger charge is -2.22. The SMILES string of the molecule is COc1cccc(N(C)C(=O)Oc2ccc(Cl)c(C(C)(C)C)c2)n1. The average molecular weight is 349 g/mol. The summed E-state index contributed by atoms with van der Waals surface area (Å²) in [6.45, 7) is 6.14. The van der Waals surface area contributed by atoms with Gasteiger partial charge in [0.1, 0.15) is 11.6 Å². The summed E-state index contributed by atoms with van der Waals surface area (Å²) in [5.41, 5.74) is 0.761. The van der Waals surface area contributed by atoms with Gasteiger partial charge in [-0.2, -0.15) is 4.98 Å². The maximum Gasteiger partial charge on any atom is 0.420 e. The molecule has 6 heteroatoms. The van der Waals surface area contributed by atoms with Crippen molar-refractivity contribution in [1.29, 1.82) is 0 Å². The molecule has 0 aliphatic carbocycles. The molecule has 1 aromatic heterocycles. The van der Waals surface area contributed by atoms with E-state index in [1.165, 1.54) is 12.0 Å². The normalized spacial score (nSPS) is 11.1. The molecule has 2 aromatic rings. The number of aromatic nitrogens is 1. The van der Waals surface area contributed by atoms with Gasteiger partial charge in [0.05, 0.1) is 7.11 Å². The fourth-order valence-corrected chi connectivity index (χ4v) is 2.51. The van der Waals surface area contributed by atoms with E-state index < -0.39 is 6.09 Å². The highest BCUT2D eigenvalue weighted by molar-refractivity contribution is 6.31. The summed E-state index contributed by atoms with van der Waals surface area (Å²) in [5.74, 6) is 1.29. The molecule has 1 aromatic carbocycles. The van der Waals surface area contributed by atoms with Crippen LogP contribution in [0.3, 0.4) is 0 Å². The monoisotopic (exact) mass is 348 g/mol. The maximum atomic E-state index is 12.3. The maximum absolute atomic E-state index is 12.3. The Bertz CT molecular complexity index is 741. The first-order valence-corrected chi connectivity index (χ1v) is 7.87. The zero-order valence-electron chi connectivity index (χ0n) is 14.5. The fraction of sp³-hybridized carbons (Fsp3) is 0.333. The van der Waals surface area contributed by atoms with Gasteiger partial charge in [-0.15, -0.1) is 0 Å². The van der Waals surface area contributed by atoms with Crippen molar-refractivity contribution >= 4 is 23.5 Å². The first-order valence-electron chi connectivity index (χ1n) is 7.49. The second kappa shape index (κ2) is 7.09. The number of benzene rings is 1. The van der Waals surface area contributed by atoms with Crippen LogP contribution in [-0.4, -0.2) is 25.2 Å². The van der Waals surface area contributed by atoms with Crippen molar-refractivity contribution in [3.8, 4) is 11.6 Å². The van der Waals surface area contributed by atoms with Crippen molar-refractivity contribution in [3.63, 3.8) is 0 Å². The number of ether oxygens (including phenoxy) is 2. The number of hydrogen-bond donors (Lipinski definition) is 0. The van der Waals surface area contributed by atoms with Crippen molar-refractivity contribution in [2.45, 2.75) is 26.2 Å². The fourth-order valence-electron chi connectivity index (χ4n) is 2.11. The smallest absolute Gasteiger partial charge is 0.420 e. The van der Waals surface area contributed by atoms with E-state index in [0.717, 1.165) is 5.56 Å². The molecule has 1 heterocycles. The number of hydrogen-bond acceptors (Lipinski definition) is 4. The minimum atomic E-state index is -0.544. The predicted octanol–water partition coefficient (Wildman–Crippen LogP) is 4.68. The molecule has 5 nitrogen and oxygen atoms in total. The van der Waals surface area contributed by atoms with Crippen LogP contribution in [0.4, 0.5) is 10.6 Å². The van der Waals surface area contributed by atoms with Crippen molar-refractivity contribution < 1.29 is 14.3 Å². The highest BCUT2D eigenvalue weighted by atomic mass is 35.5. The third kappa shape index (κ3) is 4.17. The predicted molar refractivity (Wildman–Crippen MR) is 95.4 cm³/mol. The Morgan fingerprint density at radius 2 is 1.92 bits per heavy atom. The van der Waals surface area contributed by atoms with Crippen LogP contribution < -0.4 is 14.4 Å². The molecule has 128 valence electrons. The van der Waals surface area contributed by atoms with Crippen LogP contribution in [0.2, 0.25) is 5.02 Å². The second-order valence-electron chi connectivity index (χ2n) is 6.36. The van der Waals surface area contributed by atoms with Crippen LogP contribution in [-0.2, 0) is 5.41 Å². The highest BCUT2D eigenvalue weighted by Crippen LogP contribution is 2.32. The molecule has 0 N–H and O–H groups in total. The number of anilines is 1. The van der Waals surface area contributed by atoms with Crippen LogP contribution in [0.25, 0.3) is 0 Å². The van der Waals surface area contributed by atoms with E-state index in [1.54, 1.807) is 43.4 Å². The molecule has 0 saturated heterocycles. The van der Waals surface area contributed by atoms with Gasteiger partial charge in [0.15, 0.2) is 0 Å². The van der Waals surface area contributed by atoms with Crippen LogP contribution in [0.5, 0.6) is 11.6 Å². The van der Waals surface area contributed by atoms with Crippen LogP contribution in [0, 0.1) is 0 Å². The summed E-state index contributed by atoms with van der Waals surface area (Å²) < 4.78 is 10.5. The molecule has 0 atom stereocenters. The van der Waals surface area contributed by atoms with E-state index >= 15 is 0 Å². The van der Waals surface area contributed by atoms with E-state index in [2.05, 4.69) is 4.98 Å². The van der Waals surface area contributed by atoms with Gasteiger partial charge in [-0.05, 0) is 35.2 Å². The van der Waals surface area contributed by atoms with Crippen molar-refractivity contribution in [3.05, 3.63) is 47.0 Å². The van der Waals surface area contributed by atoms with Gasteiger partial charge < -0.3 is 9.47 Å². The lowest BCUT2D eigenvalue weighted by molar-refractivity contribution is 0.208. The Morgan fingerprint density at radius 3 is 2.54 bits per heavy atom. The number of pyridine rings is 1. The number of nitrogens with zero attached hydrogens (tertiary/aromatic N) is 2. The summed E-state index contributed by atoms with van der Waals surface area (Å²) in [7, 11) is 3.11. The Balaban J connectivity index is 2.20. The Morgan fingerprint density at radius 1 is 1.21 bits per heavy atom. The molecule has 0 aliphatic heterocycles. The first-order chi connectivity index (χ1) is 11.2. The number of carbonyl (C=O) groups excluding carboxylic acids is 1.